The Hall–Kier alpha value is -3.58. The first-order valence-electron chi connectivity index (χ1n) is 10.00. The van der Waals surface area contributed by atoms with E-state index in [9.17, 15) is 4.79 Å². The fourth-order valence-corrected chi connectivity index (χ4v) is 4.02. The maximum Gasteiger partial charge on any atom is 0.358 e. The van der Waals surface area contributed by atoms with E-state index in [0.29, 0.717) is 39.7 Å². The van der Waals surface area contributed by atoms with E-state index in [0.717, 1.165) is 16.6 Å². The molecule has 164 valence electrons. The Balaban J connectivity index is 2.15. The van der Waals surface area contributed by atoms with Crippen molar-refractivity contribution in [2.45, 2.75) is 13.3 Å². The van der Waals surface area contributed by atoms with Crippen LogP contribution < -0.4 is 9.47 Å². The molecule has 4 aromatic rings. The Morgan fingerprint density at radius 3 is 2.41 bits per heavy atom. The van der Waals surface area contributed by atoms with E-state index in [1.165, 1.54) is 7.11 Å². The quantitative estimate of drug-likeness (QED) is 0.379. The number of benzene rings is 2. The van der Waals surface area contributed by atoms with Gasteiger partial charge in [-0.25, -0.2) is 9.48 Å². The lowest BCUT2D eigenvalue weighted by Crippen LogP contribution is -2.06. The zero-order valence-electron chi connectivity index (χ0n) is 18.2. The minimum atomic E-state index is -0.517. The van der Waals surface area contributed by atoms with Gasteiger partial charge in [-0.2, -0.15) is 5.10 Å². The lowest BCUT2D eigenvalue weighted by atomic mass is 10.0. The summed E-state index contributed by atoms with van der Waals surface area (Å²) in [5.74, 6) is 0.674. The van der Waals surface area contributed by atoms with Gasteiger partial charge in [0.15, 0.2) is 5.69 Å². The van der Waals surface area contributed by atoms with Gasteiger partial charge in [0.1, 0.15) is 11.5 Å². The number of aromatic nitrogens is 3. The molecule has 8 heteroatoms. The molecule has 0 radical (unpaired) electrons. The molecule has 0 saturated heterocycles. The standard InChI is InChI=1S/C24H22ClN3O4/c1-5-15-22(24(29)32-4)27-28(18-11-12-26-17-13-14(25)9-10-16(17)18)23(15)21-19(30-2)7-6-8-20(21)31-3/h6-13H,5H2,1-4H3. The monoisotopic (exact) mass is 451 g/mol. The second-order valence-corrected chi connectivity index (χ2v) is 7.40. The van der Waals surface area contributed by atoms with Crippen molar-refractivity contribution < 1.29 is 19.0 Å². The summed E-state index contributed by atoms with van der Waals surface area (Å²) in [6.45, 7) is 1.96. The number of esters is 1. The predicted molar refractivity (Wildman–Crippen MR) is 123 cm³/mol. The first kappa shape index (κ1) is 21.6. The molecule has 0 aliphatic carbocycles. The first-order valence-corrected chi connectivity index (χ1v) is 10.4. The molecule has 0 fully saturated rings. The molecule has 32 heavy (non-hydrogen) atoms. The molecule has 7 nitrogen and oxygen atoms in total. The summed E-state index contributed by atoms with van der Waals surface area (Å²) in [5.41, 5.74) is 3.77. The fraction of sp³-hybridized carbons (Fsp3) is 0.208. The molecule has 4 rings (SSSR count). The van der Waals surface area contributed by atoms with Gasteiger partial charge in [0.05, 0.1) is 43.8 Å². The van der Waals surface area contributed by atoms with Gasteiger partial charge in [0.2, 0.25) is 0 Å². The third-order valence-electron chi connectivity index (χ3n) is 5.29. The molecule has 0 aliphatic heterocycles. The van der Waals surface area contributed by atoms with Crippen molar-refractivity contribution in [1.82, 2.24) is 14.8 Å². The van der Waals surface area contributed by atoms with Crippen LogP contribution in [0.2, 0.25) is 5.02 Å². The van der Waals surface area contributed by atoms with Crippen molar-refractivity contribution in [2.24, 2.45) is 0 Å². The van der Waals surface area contributed by atoms with Crippen LogP contribution in [0, 0.1) is 0 Å². The average molecular weight is 452 g/mol. The van der Waals surface area contributed by atoms with Crippen molar-refractivity contribution >= 4 is 28.5 Å². The number of carbonyl (C=O) groups excluding carboxylic acids is 1. The number of ether oxygens (including phenoxy) is 3. The van der Waals surface area contributed by atoms with E-state index < -0.39 is 5.97 Å². The van der Waals surface area contributed by atoms with Gasteiger partial charge >= 0.3 is 5.97 Å². The van der Waals surface area contributed by atoms with Gasteiger partial charge in [-0.05, 0) is 42.8 Å². The van der Waals surface area contributed by atoms with E-state index in [-0.39, 0.29) is 5.69 Å². The van der Waals surface area contributed by atoms with E-state index in [4.69, 9.17) is 30.9 Å². The van der Waals surface area contributed by atoms with Crippen LogP contribution in [0.25, 0.3) is 27.8 Å². The number of pyridine rings is 1. The lowest BCUT2D eigenvalue weighted by molar-refractivity contribution is 0.0592. The summed E-state index contributed by atoms with van der Waals surface area (Å²) in [7, 11) is 4.53. The van der Waals surface area contributed by atoms with Crippen LogP contribution in [0.1, 0.15) is 23.0 Å². The Labute approximate surface area is 190 Å². The predicted octanol–water partition coefficient (Wildman–Crippen LogP) is 5.11. The Kier molecular flexibility index (Phi) is 6.01. The third-order valence-corrected chi connectivity index (χ3v) is 5.53. The molecule has 0 saturated carbocycles. The molecule has 2 aromatic carbocycles. The number of rotatable bonds is 6. The van der Waals surface area contributed by atoms with Crippen LogP contribution in [0.15, 0.2) is 48.7 Å². The first-order chi connectivity index (χ1) is 15.5. The van der Waals surface area contributed by atoms with Crippen LogP contribution in [-0.4, -0.2) is 42.1 Å². The zero-order chi connectivity index (χ0) is 22.8. The molecule has 0 N–H and O–H groups in total. The third kappa shape index (κ3) is 3.54. The topological polar surface area (TPSA) is 75.5 Å². The van der Waals surface area contributed by atoms with Gasteiger partial charge in [0.25, 0.3) is 0 Å². The SMILES string of the molecule is CCc1c(C(=O)OC)nn(-c2ccnc3cc(Cl)ccc23)c1-c1c(OC)cccc1OC. The van der Waals surface area contributed by atoms with E-state index in [1.807, 2.05) is 37.3 Å². The Bertz CT molecular complexity index is 1290. The van der Waals surface area contributed by atoms with Gasteiger partial charge in [0, 0.05) is 22.2 Å². The number of nitrogens with zero attached hydrogens (tertiary/aromatic N) is 3. The van der Waals surface area contributed by atoms with Crippen molar-refractivity contribution in [3.8, 4) is 28.4 Å². The van der Waals surface area contributed by atoms with E-state index in [2.05, 4.69) is 4.98 Å². The summed E-state index contributed by atoms with van der Waals surface area (Å²) in [4.78, 5) is 17.1. The highest BCUT2D eigenvalue weighted by Crippen LogP contribution is 2.42. The molecule has 2 heterocycles. The van der Waals surface area contributed by atoms with Crippen molar-refractivity contribution in [2.75, 3.05) is 21.3 Å². The Morgan fingerprint density at radius 2 is 1.78 bits per heavy atom. The number of hydrogen-bond acceptors (Lipinski definition) is 6. The van der Waals surface area contributed by atoms with Crippen LogP contribution in [0.4, 0.5) is 0 Å². The highest BCUT2D eigenvalue weighted by Gasteiger charge is 2.28. The van der Waals surface area contributed by atoms with Crippen LogP contribution in [0.3, 0.4) is 0 Å². The second kappa shape index (κ2) is 8.88. The molecular weight excluding hydrogens is 430 g/mol. The molecule has 0 bridgehead atoms. The summed E-state index contributed by atoms with van der Waals surface area (Å²) in [5, 5.41) is 6.10. The molecular formula is C24H22ClN3O4. The number of carbonyl (C=O) groups is 1. The lowest BCUT2D eigenvalue weighted by Gasteiger charge is -2.17. The number of halogens is 1. The Morgan fingerprint density at radius 1 is 1.06 bits per heavy atom. The molecule has 0 atom stereocenters. The normalized spacial score (nSPS) is 10.9. The maximum absolute atomic E-state index is 12.6. The highest BCUT2D eigenvalue weighted by atomic mass is 35.5. The molecule has 2 aromatic heterocycles. The van der Waals surface area contributed by atoms with E-state index >= 15 is 0 Å². The van der Waals surface area contributed by atoms with Gasteiger partial charge in [-0.1, -0.05) is 24.6 Å². The fourth-order valence-electron chi connectivity index (χ4n) is 3.85. The average Bonchev–Trinajstić information content (AvgIpc) is 3.21. The largest absolute Gasteiger partial charge is 0.496 e. The minimum Gasteiger partial charge on any atom is -0.496 e. The van der Waals surface area contributed by atoms with Crippen molar-refractivity contribution in [3.63, 3.8) is 0 Å². The van der Waals surface area contributed by atoms with Gasteiger partial charge in [-0.15, -0.1) is 0 Å². The minimum absolute atomic E-state index is 0.233. The molecule has 0 aliphatic rings. The van der Waals surface area contributed by atoms with Gasteiger partial charge in [-0.3, -0.25) is 4.98 Å². The van der Waals surface area contributed by atoms with Crippen LogP contribution in [0.5, 0.6) is 11.5 Å². The van der Waals surface area contributed by atoms with Gasteiger partial charge < -0.3 is 14.2 Å². The molecule has 0 spiro atoms. The van der Waals surface area contributed by atoms with Crippen LogP contribution in [-0.2, 0) is 11.2 Å². The number of hydrogen-bond donors (Lipinski definition) is 0. The maximum atomic E-state index is 12.6. The molecule has 0 unspecified atom stereocenters. The number of methoxy groups -OCH3 is 3. The van der Waals surface area contributed by atoms with Crippen LogP contribution >= 0.6 is 11.6 Å². The summed E-state index contributed by atoms with van der Waals surface area (Å²) >= 11 is 6.18. The molecule has 0 amide bonds. The van der Waals surface area contributed by atoms with E-state index in [1.54, 1.807) is 37.2 Å². The summed E-state index contributed by atoms with van der Waals surface area (Å²) in [6.07, 6.45) is 2.22. The highest BCUT2D eigenvalue weighted by molar-refractivity contribution is 6.31. The van der Waals surface area contributed by atoms with Crippen molar-refractivity contribution in [1.29, 1.82) is 0 Å². The zero-order valence-corrected chi connectivity index (χ0v) is 18.9. The second-order valence-electron chi connectivity index (χ2n) is 6.96. The summed E-state index contributed by atoms with van der Waals surface area (Å²) < 4.78 is 18.1. The summed E-state index contributed by atoms with van der Waals surface area (Å²) in [6, 6.07) is 12.8. The van der Waals surface area contributed by atoms with Crippen molar-refractivity contribution in [3.05, 3.63) is 64.9 Å². The number of fused-ring (bicyclic) bond motifs is 1. The smallest absolute Gasteiger partial charge is 0.358 e.